The third-order valence-electron chi connectivity index (χ3n) is 3.86. The van der Waals surface area contributed by atoms with E-state index < -0.39 is 5.97 Å². The van der Waals surface area contributed by atoms with Gasteiger partial charge in [0.1, 0.15) is 0 Å². The van der Waals surface area contributed by atoms with Crippen molar-refractivity contribution in [1.29, 1.82) is 0 Å². The standard InChI is InChI=1S/C18H20N6O2/c1-12-10-13(2)24(23-12)9-3-6-20-18-21-8-5-15(22-18)16-11-14(17(25)26)4-7-19-16/h4-5,7-8,10-11H,3,6,9H2,1-2H3,(H,25,26)(H,20,21,22). The smallest absolute Gasteiger partial charge is 0.335 e. The van der Waals surface area contributed by atoms with Crippen molar-refractivity contribution in [3.8, 4) is 11.4 Å². The molecule has 0 aliphatic heterocycles. The number of pyridine rings is 1. The van der Waals surface area contributed by atoms with Crippen LogP contribution in [0.4, 0.5) is 5.95 Å². The fraction of sp³-hybridized carbons (Fsp3) is 0.278. The molecule has 0 amide bonds. The molecule has 0 unspecified atom stereocenters. The maximum Gasteiger partial charge on any atom is 0.335 e. The van der Waals surface area contributed by atoms with Gasteiger partial charge in [-0.1, -0.05) is 0 Å². The number of nitrogens with one attached hydrogen (secondary N) is 1. The van der Waals surface area contributed by atoms with Gasteiger partial charge in [0.25, 0.3) is 0 Å². The van der Waals surface area contributed by atoms with Gasteiger partial charge >= 0.3 is 5.97 Å². The van der Waals surface area contributed by atoms with E-state index in [2.05, 4.69) is 31.4 Å². The number of hydrogen-bond donors (Lipinski definition) is 2. The van der Waals surface area contributed by atoms with Crippen LogP contribution in [0.5, 0.6) is 0 Å². The van der Waals surface area contributed by atoms with Crippen LogP contribution in [-0.4, -0.2) is 42.4 Å². The molecule has 0 atom stereocenters. The van der Waals surface area contributed by atoms with Gasteiger partial charge in [-0.15, -0.1) is 0 Å². The topological polar surface area (TPSA) is 106 Å². The Labute approximate surface area is 151 Å². The number of aryl methyl sites for hydroxylation is 3. The second-order valence-corrected chi connectivity index (χ2v) is 5.93. The lowest BCUT2D eigenvalue weighted by atomic mass is 10.2. The lowest BCUT2D eigenvalue weighted by molar-refractivity contribution is 0.0697. The van der Waals surface area contributed by atoms with Crippen molar-refractivity contribution in [2.75, 3.05) is 11.9 Å². The van der Waals surface area contributed by atoms with Crippen molar-refractivity contribution in [3.05, 3.63) is 53.6 Å². The highest BCUT2D eigenvalue weighted by atomic mass is 16.4. The number of carboxylic acid groups (broad SMARTS) is 1. The van der Waals surface area contributed by atoms with Crippen molar-refractivity contribution in [1.82, 2.24) is 24.7 Å². The van der Waals surface area contributed by atoms with Crippen molar-refractivity contribution in [2.45, 2.75) is 26.8 Å². The van der Waals surface area contributed by atoms with Crippen LogP contribution in [0.15, 0.2) is 36.7 Å². The molecule has 3 heterocycles. The highest BCUT2D eigenvalue weighted by Gasteiger charge is 2.08. The fourth-order valence-electron chi connectivity index (χ4n) is 2.62. The van der Waals surface area contributed by atoms with Crippen LogP contribution in [0.3, 0.4) is 0 Å². The van der Waals surface area contributed by atoms with E-state index in [1.165, 1.54) is 18.3 Å². The van der Waals surface area contributed by atoms with Crippen LogP contribution in [0.25, 0.3) is 11.4 Å². The molecule has 0 aliphatic rings. The minimum absolute atomic E-state index is 0.174. The zero-order valence-corrected chi connectivity index (χ0v) is 14.7. The van der Waals surface area contributed by atoms with Gasteiger partial charge in [0, 0.05) is 31.2 Å². The van der Waals surface area contributed by atoms with Crippen LogP contribution in [0.1, 0.15) is 28.2 Å². The predicted molar refractivity (Wildman–Crippen MR) is 97.0 cm³/mol. The van der Waals surface area contributed by atoms with Gasteiger partial charge in [-0.25, -0.2) is 14.8 Å². The van der Waals surface area contributed by atoms with Gasteiger partial charge in [0.05, 0.1) is 22.6 Å². The van der Waals surface area contributed by atoms with E-state index in [0.717, 1.165) is 24.4 Å². The zero-order valence-electron chi connectivity index (χ0n) is 14.7. The van der Waals surface area contributed by atoms with Crippen molar-refractivity contribution >= 4 is 11.9 Å². The van der Waals surface area contributed by atoms with E-state index in [9.17, 15) is 4.79 Å². The third kappa shape index (κ3) is 4.21. The summed E-state index contributed by atoms with van der Waals surface area (Å²) in [6.45, 7) is 5.53. The minimum atomic E-state index is -0.995. The maximum atomic E-state index is 11.1. The molecule has 0 aliphatic carbocycles. The maximum absolute atomic E-state index is 11.1. The number of carbonyl (C=O) groups is 1. The van der Waals surface area contributed by atoms with Crippen LogP contribution in [-0.2, 0) is 6.54 Å². The van der Waals surface area contributed by atoms with E-state index in [1.54, 1.807) is 12.3 Å². The molecule has 8 nitrogen and oxygen atoms in total. The van der Waals surface area contributed by atoms with Crippen molar-refractivity contribution in [2.24, 2.45) is 0 Å². The second kappa shape index (κ2) is 7.73. The first kappa shape index (κ1) is 17.5. The Bertz CT molecular complexity index is 922. The third-order valence-corrected chi connectivity index (χ3v) is 3.86. The van der Waals surface area contributed by atoms with Crippen molar-refractivity contribution in [3.63, 3.8) is 0 Å². The highest BCUT2D eigenvalue weighted by Crippen LogP contribution is 2.16. The molecule has 0 fully saturated rings. The summed E-state index contributed by atoms with van der Waals surface area (Å²) in [5.74, 6) is -0.511. The number of anilines is 1. The van der Waals surface area contributed by atoms with Crippen LogP contribution >= 0.6 is 0 Å². The zero-order chi connectivity index (χ0) is 18.5. The quantitative estimate of drug-likeness (QED) is 0.629. The second-order valence-electron chi connectivity index (χ2n) is 5.93. The molecule has 0 saturated heterocycles. The molecule has 0 saturated carbocycles. The van der Waals surface area contributed by atoms with Gasteiger partial charge in [0.15, 0.2) is 0 Å². The number of aromatic nitrogens is 5. The fourth-order valence-corrected chi connectivity index (χ4v) is 2.62. The molecule has 0 bridgehead atoms. The summed E-state index contributed by atoms with van der Waals surface area (Å²) in [5, 5.41) is 16.7. The summed E-state index contributed by atoms with van der Waals surface area (Å²) in [6.07, 6.45) is 3.96. The molecule has 3 aromatic heterocycles. The largest absolute Gasteiger partial charge is 0.478 e. The molecule has 0 radical (unpaired) electrons. The molecule has 26 heavy (non-hydrogen) atoms. The van der Waals surface area contributed by atoms with E-state index in [1.807, 2.05) is 18.5 Å². The van der Waals surface area contributed by atoms with Gasteiger partial charge in [-0.2, -0.15) is 5.10 Å². The lowest BCUT2D eigenvalue weighted by Gasteiger charge is -2.08. The van der Waals surface area contributed by atoms with Gasteiger partial charge in [-0.05, 0) is 44.5 Å². The molecule has 0 aromatic carbocycles. The monoisotopic (exact) mass is 352 g/mol. The summed E-state index contributed by atoms with van der Waals surface area (Å²) >= 11 is 0. The van der Waals surface area contributed by atoms with Crippen LogP contribution in [0, 0.1) is 13.8 Å². The Morgan fingerprint density at radius 3 is 2.69 bits per heavy atom. The average molecular weight is 352 g/mol. The number of carboxylic acids is 1. The minimum Gasteiger partial charge on any atom is -0.478 e. The molecule has 3 aromatic rings. The SMILES string of the molecule is Cc1cc(C)n(CCCNc2nccc(-c3cc(C(=O)O)ccn3)n2)n1. The van der Waals surface area contributed by atoms with Gasteiger partial charge in [0.2, 0.25) is 5.95 Å². The summed E-state index contributed by atoms with van der Waals surface area (Å²) in [4.78, 5) is 23.9. The van der Waals surface area contributed by atoms with E-state index in [4.69, 9.17) is 5.11 Å². The molecule has 2 N–H and O–H groups in total. The average Bonchev–Trinajstić information content (AvgIpc) is 2.96. The first-order valence-electron chi connectivity index (χ1n) is 8.30. The first-order valence-corrected chi connectivity index (χ1v) is 8.30. The molecule has 3 rings (SSSR count). The summed E-state index contributed by atoms with van der Waals surface area (Å²) in [6, 6.07) is 6.70. The molecular formula is C18H20N6O2. The van der Waals surface area contributed by atoms with Gasteiger partial charge < -0.3 is 10.4 Å². The number of rotatable bonds is 7. The molecule has 0 spiro atoms. The van der Waals surface area contributed by atoms with Crippen LogP contribution in [0.2, 0.25) is 0 Å². The van der Waals surface area contributed by atoms with E-state index in [-0.39, 0.29) is 5.56 Å². The number of aromatic carboxylic acids is 1. The summed E-state index contributed by atoms with van der Waals surface area (Å²) < 4.78 is 1.98. The molecule has 134 valence electrons. The lowest BCUT2D eigenvalue weighted by Crippen LogP contribution is -2.10. The Hall–Kier alpha value is -3.29. The van der Waals surface area contributed by atoms with Crippen LogP contribution < -0.4 is 5.32 Å². The Morgan fingerprint density at radius 1 is 1.15 bits per heavy atom. The Kier molecular flexibility index (Phi) is 5.21. The Morgan fingerprint density at radius 2 is 1.96 bits per heavy atom. The normalized spacial score (nSPS) is 10.7. The molecular weight excluding hydrogens is 332 g/mol. The van der Waals surface area contributed by atoms with E-state index in [0.29, 0.717) is 23.9 Å². The summed E-state index contributed by atoms with van der Waals surface area (Å²) in [7, 11) is 0. The Balaban J connectivity index is 1.61. The van der Waals surface area contributed by atoms with E-state index >= 15 is 0 Å². The number of hydrogen-bond acceptors (Lipinski definition) is 6. The number of nitrogens with zero attached hydrogens (tertiary/aromatic N) is 5. The van der Waals surface area contributed by atoms with Crippen molar-refractivity contribution < 1.29 is 9.90 Å². The van der Waals surface area contributed by atoms with Gasteiger partial charge in [-0.3, -0.25) is 9.67 Å². The summed E-state index contributed by atoms with van der Waals surface area (Å²) in [5.41, 5.74) is 3.41. The predicted octanol–water partition coefficient (Wildman–Crippen LogP) is 2.55. The first-order chi connectivity index (χ1) is 12.5. The highest BCUT2D eigenvalue weighted by molar-refractivity contribution is 5.88. The molecule has 8 heteroatoms.